The number of esters is 1. The van der Waals surface area contributed by atoms with Gasteiger partial charge in [0, 0.05) is 24.2 Å². The van der Waals surface area contributed by atoms with Gasteiger partial charge in [-0.3, -0.25) is 0 Å². The molecule has 2 bridgehead atoms. The fraction of sp³-hybridized carbons (Fsp3) is 0.562. The average Bonchev–Trinajstić information content (AvgIpc) is 2.91. The predicted molar refractivity (Wildman–Crippen MR) is 87.6 cm³/mol. The third-order valence-corrected chi connectivity index (χ3v) is 6.20. The highest BCUT2D eigenvalue weighted by molar-refractivity contribution is 7.89. The van der Waals surface area contributed by atoms with Crippen molar-refractivity contribution in [1.82, 2.24) is 10.0 Å². The van der Waals surface area contributed by atoms with Crippen LogP contribution >= 0.6 is 0 Å². The molecule has 1 aromatic carbocycles. The number of methoxy groups -OCH3 is 2. The van der Waals surface area contributed by atoms with E-state index < -0.39 is 16.0 Å². The first-order valence-electron chi connectivity index (χ1n) is 7.97. The normalized spacial score (nSPS) is 26.2. The van der Waals surface area contributed by atoms with E-state index in [9.17, 15) is 13.2 Å². The largest absolute Gasteiger partial charge is 0.496 e. The fourth-order valence-corrected chi connectivity index (χ4v) is 4.83. The van der Waals surface area contributed by atoms with Gasteiger partial charge in [-0.2, -0.15) is 0 Å². The number of sulfonamides is 1. The Bertz CT molecular complexity index is 722. The molecule has 24 heavy (non-hydrogen) atoms. The van der Waals surface area contributed by atoms with Gasteiger partial charge in [-0.15, -0.1) is 0 Å². The van der Waals surface area contributed by atoms with Crippen molar-refractivity contribution in [3.8, 4) is 5.75 Å². The van der Waals surface area contributed by atoms with Crippen molar-refractivity contribution in [1.29, 1.82) is 0 Å². The molecule has 0 aliphatic carbocycles. The summed E-state index contributed by atoms with van der Waals surface area (Å²) in [4.78, 5) is 11.8. The molecule has 2 saturated heterocycles. The van der Waals surface area contributed by atoms with Gasteiger partial charge in [-0.05, 0) is 37.8 Å². The lowest BCUT2D eigenvalue weighted by Gasteiger charge is -2.29. The van der Waals surface area contributed by atoms with Gasteiger partial charge in [0.2, 0.25) is 10.0 Å². The molecular weight excluding hydrogens is 332 g/mol. The molecule has 7 nitrogen and oxygen atoms in total. The average molecular weight is 354 g/mol. The first-order chi connectivity index (χ1) is 11.4. The molecule has 1 aromatic rings. The lowest BCUT2D eigenvalue weighted by molar-refractivity contribution is 0.0597. The number of carbonyl (C=O) groups is 1. The minimum Gasteiger partial charge on any atom is -0.496 e. The van der Waals surface area contributed by atoms with E-state index in [4.69, 9.17) is 4.74 Å². The van der Waals surface area contributed by atoms with Crippen LogP contribution in [0.3, 0.4) is 0 Å². The summed E-state index contributed by atoms with van der Waals surface area (Å²) in [6.45, 7) is 0. The van der Waals surface area contributed by atoms with Crippen molar-refractivity contribution < 1.29 is 22.7 Å². The number of carbonyl (C=O) groups excluding carboxylic acids is 1. The number of benzene rings is 1. The van der Waals surface area contributed by atoms with Crippen molar-refractivity contribution in [2.24, 2.45) is 0 Å². The smallest absolute Gasteiger partial charge is 0.341 e. The van der Waals surface area contributed by atoms with Gasteiger partial charge in [0.15, 0.2) is 0 Å². The van der Waals surface area contributed by atoms with Gasteiger partial charge in [0.25, 0.3) is 0 Å². The molecule has 2 unspecified atom stereocenters. The van der Waals surface area contributed by atoms with Crippen LogP contribution in [-0.2, 0) is 14.8 Å². The molecule has 2 aliphatic rings. The van der Waals surface area contributed by atoms with E-state index in [2.05, 4.69) is 14.8 Å². The minimum atomic E-state index is -3.67. The Morgan fingerprint density at radius 1 is 1.21 bits per heavy atom. The molecule has 0 saturated carbocycles. The maximum atomic E-state index is 12.6. The van der Waals surface area contributed by atoms with E-state index in [0.717, 1.165) is 25.7 Å². The van der Waals surface area contributed by atoms with Crippen LogP contribution in [0.15, 0.2) is 23.1 Å². The highest BCUT2D eigenvalue weighted by atomic mass is 32.2. The Kier molecular flexibility index (Phi) is 4.80. The van der Waals surface area contributed by atoms with Crippen molar-refractivity contribution in [2.75, 3.05) is 14.2 Å². The molecule has 2 atom stereocenters. The summed E-state index contributed by atoms with van der Waals surface area (Å²) in [7, 11) is -1.02. The third kappa shape index (κ3) is 3.40. The topological polar surface area (TPSA) is 93.7 Å². The summed E-state index contributed by atoms with van der Waals surface area (Å²) < 4.78 is 37.9. The van der Waals surface area contributed by atoms with Crippen LogP contribution in [0.4, 0.5) is 0 Å². The Balaban J connectivity index is 1.80. The number of nitrogens with one attached hydrogen (secondary N) is 2. The lowest BCUT2D eigenvalue weighted by atomic mass is 10.0. The van der Waals surface area contributed by atoms with E-state index in [0.29, 0.717) is 12.1 Å². The summed E-state index contributed by atoms with van der Waals surface area (Å²) in [5.74, 6) is -0.395. The standard InChI is InChI=1S/C16H22N2O5S/c1-22-15-9-13(5-6-14(15)16(19)23-2)24(20,21)18-12-7-10-3-4-11(8-12)17-10/h5-6,9-12,17-18H,3-4,7-8H2,1-2H3. The second kappa shape index (κ2) is 6.70. The zero-order valence-corrected chi connectivity index (χ0v) is 14.6. The number of ether oxygens (including phenoxy) is 2. The molecule has 132 valence electrons. The molecule has 2 fully saturated rings. The zero-order chi connectivity index (χ0) is 17.3. The Labute approximate surface area is 141 Å². The summed E-state index contributed by atoms with van der Waals surface area (Å²) in [5.41, 5.74) is 0.193. The molecule has 2 N–H and O–H groups in total. The third-order valence-electron chi connectivity index (χ3n) is 4.68. The van der Waals surface area contributed by atoms with Crippen LogP contribution in [0.1, 0.15) is 36.0 Å². The fourth-order valence-electron chi connectivity index (χ4n) is 3.56. The van der Waals surface area contributed by atoms with Gasteiger partial charge in [0.1, 0.15) is 11.3 Å². The van der Waals surface area contributed by atoms with Gasteiger partial charge in [-0.1, -0.05) is 0 Å². The van der Waals surface area contributed by atoms with Crippen molar-refractivity contribution >= 4 is 16.0 Å². The van der Waals surface area contributed by atoms with E-state index in [1.54, 1.807) is 0 Å². The Morgan fingerprint density at radius 3 is 2.46 bits per heavy atom. The summed E-state index contributed by atoms with van der Waals surface area (Å²) >= 11 is 0. The number of fused-ring (bicyclic) bond motifs is 2. The van der Waals surface area contributed by atoms with Gasteiger partial charge in [-0.25, -0.2) is 17.9 Å². The van der Waals surface area contributed by atoms with Crippen molar-refractivity contribution in [2.45, 2.75) is 48.7 Å². The first-order valence-corrected chi connectivity index (χ1v) is 9.46. The first kappa shape index (κ1) is 17.2. The molecular formula is C16H22N2O5S. The van der Waals surface area contributed by atoms with Gasteiger partial charge < -0.3 is 14.8 Å². The second-order valence-corrected chi connectivity index (χ2v) is 8.00. The van der Waals surface area contributed by atoms with Crippen LogP contribution in [0.2, 0.25) is 0 Å². The van der Waals surface area contributed by atoms with E-state index in [1.807, 2.05) is 0 Å². The van der Waals surface area contributed by atoms with Crippen LogP contribution < -0.4 is 14.8 Å². The van der Waals surface area contributed by atoms with Crippen molar-refractivity contribution in [3.63, 3.8) is 0 Å². The molecule has 0 radical (unpaired) electrons. The Hall–Kier alpha value is -1.64. The van der Waals surface area contributed by atoms with Gasteiger partial charge >= 0.3 is 5.97 Å². The molecule has 3 rings (SSSR count). The van der Waals surface area contributed by atoms with Crippen LogP contribution in [0, 0.1) is 0 Å². The number of piperidine rings is 1. The summed E-state index contributed by atoms with van der Waals surface area (Å²) in [6, 6.07) is 4.88. The van der Waals surface area contributed by atoms with Crippen LogP contribution in [-0.4, -0.2) is 46.7 Å². The predicted octanol–water partition coefficient (Wildman–Crippen LogP) is 1.04. The van der Waals surface area contributed by atoms with Gasteiger partial charge in [0.05, 0.1) is 19.1 Å². The summed E-state index contributed by atoms with van der Waals surface area (Å²) in [6.07, 6.45) is 3.80. The number of hydrogen-bond acceptors (Lipinski definition) is 6. The molecule has 8 heteroatoms. The van der Waals surface area contributed by atoms with Crippen LogP contribution in [0.25, 0.3) is 0 Å². The van der Waals surface area contributed by atoms with Crippen LogP contribution in [0.5, 0.6) is 5.75 Å². The molecule has 0 spiro atoms. The number of rotatable bonds is 5. The molecule has 0 aromatic heterocycles. The highest BCUT2D eigenvalue weighted by Crippen LogP contribution is 2.29. The monoisotopic (exact) mass is 354 g/mol. The van der Waals surface area contributed by atoms with Crippen molar-refractivity contribution in [3.05, 3.63) is 23.8 Å². The maximum absolute atomic E-state index is 12.6. The molecule has 2 heterocycles. The summed E-state index contributed by atoms with van der Waals surface area (Å²) in [5, 5.41) is 3.48. The molecule has 2 aliphatic heterocycles. The lowest BCUT2D eigenvalue weighted by Crippen LogP contribution is -2.47. The number of hydrogen-bond donors (Lipinski definition) is 2. The Morgan fingerprint density at radius 2 is 1.88 bits per heavy atom. The van der Waals surface area contributed by atoms with E-state index in [1.165, 1.54) is 32.4 Å². The molecule has 0 amide bonds. The second-order valence-electron chi connectivity index (χ2n) is 6.28. The highest BCUT2D eigenvalue weighted by Gasteiger charge is 2.35. The van der Waals surface area contributed by atoms with E-state index in [-0.39, 0.29) is 22.3 Å². The zero-order valence-electron chi connectivity index (χ0n) is 13.7. The maximum Gasteiger partial charge on any atom is 0.341 e. The SMILES string of the molecule is COC(=O)c1ccc(S(=O)(=O)NC2CC3CCC(C2)N3)cc1OC. The minimum absolute atomic E-state index is 0.0694. The quantitative estimate of drug-likeness (QED) is 0.768. The van der Waals surface area contributed by atoms with E-state index >= 15 is 0 Å².